The molecule has 0 fully saturated rings. The van der Waals surface area contributed by atoms with Gasteiger partial charge >= 0.3 is 0 Å². The summed E-state index contributed by atoms with van der Waals surface area (Å²) in [7, 11) is 0. The first-order valence-electron chi connectivity index (χ1n) is 7.43. The van der Waals surface area contributed by atoms with E-state index in [1.165, 1.54) is 19.3 Å². The molecular weight excluding hydrogens is 234 g/mol. The molecule has 1 rings (SSSR count). The van der Waals surface area contributed by atoms with Crippen LogP contribution in [0.5, 0.6) is 0 Å². The summed E-state index contributed by atoms with van der Waals surface area (Å²) in [5.74, 6) is 0.228. The molecule has 0 radical (unpaired) electrons. The average molecular weight is 261 g/mol. The third-order valence-electron chi connectivity index (χ3n) is 3.62. The van der Waals surface area contributed by atoms with Crippen LogP contribution in [-0.2, 0) is 0 Å². The molecule has 2 nitrogen and oxygen atoms in total. The van der Waals surface area contributed by atoms with Crippen LogP contribution in [0.2, 0.25) is 0 Å². The fourth-order valence-corrected chi connectivity index (χ4v) is 2.44. The van der Waals surface area contributed by atoms with Crippen molar-refractivity contribution in [2.45, 2.75) is 59.0 Å². The molecule has 0 spiro atoms. The number of carbonyl (C=O) groups excluding carboxylic acids is 1. The molecule has 0 aliphatic heterocycles. The third kappa shape index (κ3) is 4.79. The highest BCUT2D eigenvalue weighted by Gasteiger charge is 2.23. The van der Waals surface area contributed by atoms with Crippen LogP contribution in [0.15, 0.2) is 30.3 Å². The van der Waals surface area contributed by atoms with Gasteiger partial charge in [-0.3, -0.25) is 9.69 Å². The van der Waals surface area contributed by atoms with E-state index in [1.807, 2.05) is 37.3 Å². The maximum Gasteiger partial charge on any atom is 0.179 e. The van der Waals surface area contributed by atoms with E-state index in [9.17, 15) is 4.79 Å². The summed E-state index contributed by atoms with van der Waals surface area (Å²) in [5.41, 5.74) is 0.816. The molecule has 0 aliphatic rings. The summed E-state index contributed by atoms with van der Waals surface area (Å²) in [6.07, 6.45) is 3.61. The van der Waals surface area contributed by atoms with Crippen molar-refractivity contribution in [1.82, 2.24) is 4.90 Å². The van der Waals surface area contributed by atoms with Crippen molar-refractivity contribution in [2.75, 3.05) is 6.54 Å². The SMILES string of the molecule is CCCCCN(C(C)C)C(C)C(=O)c1ccccc1. The predicted octanol–water partition coefficient (Wildman–Crippen LogP) is 4.16. The molecule has 0 saturated heterocycles. The summed E-state index contributed by atoms with van der Waals surface area (Å²) in [5, 5.41) is 0. The number of rotatable bonds is 8. The van der Waals surface area contributed by atoms with Gasteiger partial charge < -0.3 is 0 Å². The number of unbranched alkanes of at least 4 members (excludes halogenated alkanes) is 2. The first kappa shape index (κ1) is 15.9. The van der Waals surface area contributed by atoms with Crippen LogP contribution in [-0.4, -0.2) is 29.3 Å². The summed E-state index contributed by atoms with van der Waals surface area (Å²) in [6.45, 7) is 9.58. The number of ketones is 1. The molecule has 106 valence electrons. The van der Waals surface area contributed by atoms with Crippen molar-refractivity contribution in [3.63, 3.8) is 0 Å². The van der Waals surface area contributed by atoms with Gasteiger partial charge in [0.15, 0.2) is 5.78 Å². The summed E-state index contributed by atoms with van der Waals surface area (Å²) >= 11 is 0. The Bertz CT molecular complexity index is 372. The van der Waals surface area contributed by atoms with Crippen molar-refractivity contribution in [2.24, 2.45) is 0 Å². The van der Waals surface area contributed by atoms with Gasteiger partial charge in [-0.2, -0.15) is 0 Å². The number of nitrogens with zero attached hydrogens (tertiary/aromatic N) is 1. The number of hydrogen-bond acceptors (Lipinski definition) is 2. The van der Waals surface area contributed by atoms with Crippen LogP contribution in [0.3, 0.4) is 0 Å². The fraction of sp³-hybridized carbons (Fsp3) is 0.588. The van der Waals surface area contributed by atoms with Crippen molar-refractivity contribution in [1.29, 1.82) is 0 Å². The van der Waals surface area contributed by atoms with Crippen molar-refractivity contribution < 1.29 is 4.79 Å². The Kier molecular flexibility index (Phi) is 6.79. The van der Waals surface area contributed by atoms with E-state index < -0.39 is 0 Å². The third-order valence-corrected chi connectivity index (χ3v) is 3.62. The minimum atomic E-state index is -0.0424. The zero-order valence-corrected chi connectivity index (χ0v) is 12.7. The molecule has 1 aromatic rings. The summed E-state index contributed by atoms with van der Waals surface area (Å²) in [6, 6.07) is 9.97. The standard InChI is InChI=1S/C17H27NO/c1-5-6-10-13-18(14(2)3)15(4)17(19)16-11-8-7-9-12-16/h7-9,11-12,14-15H,5-6,10,13H2,1-4H3. The lowest BCUT2D eigenvalue weighted by Gasteiger charge is -2.31. The van der Waals surface area contributed by atoms with Gasteiger partial charge in [-0.15, -0.1) is 0 Å². The minimum absolute atomic E-state index is 0.0424. The highest BCUT2D eigenvalue weighted by Crippen LogP contribution is 2.13. The zero-order chi connectivity index (χ0) is 14.3. The highest BCUT2D eigenvalue weighted by molar-refractivity contribution is 5.99. The Morgan fingerprint density at radius 3 is 2.26 bits per heavy atom. The molecule has 19 heavy (non-hydrogen) atoms. The van der Waals surface area contributed by atoms with Gasteiger partial charge in [-0.1, -0.05) is 50.1 Å². The monoisotopic (exact) mass is 261 g/mol. The molecule has 0 N–H and O–H groups in total. The summed E-state index contributed by atoms with van der Waals surface area (Å²) < 4.78 is 0. The van der Waals surface area contributed by atoms with E-state index in [4.69, 9.17) is 0 Å². The number of benzene rings is 1. The van der Waals surface area contributed by atoms with Gasteiger partial charge in [0.25, 0.3) is 0 Å². The zero-order valence-electron chi connectivity index (χ0n) is 12.7. The van der Waals surface area contributed by atoms with E-state index in [0.29, 0.717) is 6.04 Å². The first-order valence-corrected chi connectivity index (χ1v) is 7.43. The molecule has 2 heteroatoms. The minimum Gasteiger partial charge on any atom is -0.292 e. The lowest BCUT2D eigenvalue weighted by Crippen LogP contribution is -2.44. The van der Waals surface area contributed by atoms with E-state index in [-0.39, 0.29) is 11.8 Å². The van der Waals surface area contributed by atoms with Gasteiger partial charge in [0, 0.05) is 11.6 Å². The quantitative estimate of drug-likeness (QED) is 0.517. The largest absolute Gasteiger partial charge is 0.292 e. The lowest BCUT2D eigenvalue weighted by molar-refractivity contribution is 0.0785. The maximum atomic E-state index is 12.5. The molecule has 1 atom stereocenters. The fourth-order valence-electron chi connectivity index (χ4n) is 2.44. The van der Waals surface area contributed by atoms with Crippen LogP contribution in [0.4, 0.5) is 0 Å². The van der Waals surface area contributed by atoms with Crippen LogP contribution in [0, 0.1) is 0 Å². The number of hydrogen-bond donors (Lipinski definition) is 0. The van der Waals surface area contributed by atoms with Crippen LogP contribution < -0.4 is 0 Å². The second-order valence-corrected chi connectivity index (χ2v) is 5.44. The normalized spacial score (nSPS) is 12.9. The van der Waals surface area contributed by atoms with Gasteiger partial charge in [0.05, 0.1) is 6.04 Å². The van der Waals surface area contributed by atoms with E-state index in [2.05, 4.69) is 25.7 Å². The average Bonchev–Trinajstić information content (AvgIpc) is 2.42. The molecule has 0 aromatic heterocycles. The van der Waals surface area contributed by atoms with Crippen molar-refractivity contribution in [3.8, 4) is 0 Å². The van der Waals surface area contributed by atoms with Crippen LogP contribution in [0.1, 0.15) is 57.3 Å². The smallest absolute Gasteiger partial charge is 0.179 e. The van der Waals surface area contributed by atoms with Crippen molar-refractivity contribution in [3.05, 3.63) is 35.9 Å². The van der Waals surface area contributed by atoms with E-state index in [0.717, 1.165) is 12.1 Å². The molecule has 0 saturated carbocycles. The Hall–Kier alpha value is -1.15. The Labute approximate surface area is 117 Å². The van der Waals surface area contributed by atoms with Gasteiger partial charge in [-0.05, 0) is 33.7 Å². The van der Waals surface area contributed by atoms with Gasteiger partial charge in [-0.25, -0.2) is 0 Å². The Morgan fingerprint density at radius 2 is 1.74 bits per heavy atom. The molecule has 0 bridgehead atoms. The number of carbonyl (C=O) groups is 1. The van der Waals surface area contributed by atoms with Crippen LogP contribution >= 0.6 is 0 Å². The van der Waals surface area contributed by atoms with Gasteiger partial charge in [0.2, 0.25) is 0 Å². The molecule has 0 aliphatic carbocycles. The second-order valence-electron chi connectivity index (χ2n) is 5.44. The second kappa shape index (κ2) is 8.11. The van der Waals surface area contributed by atoms with Gasteiger partial charge in [0.1, 0.15) is 0 Å². The topological polar surface area (TPSA) is 20.3 Å². The Morgan fingerprint density at radius 1 is 1.11 bits per heavy atom. The molecule has 0 amide bonds. The predicted molar refractivity (Wildman–Crippen MR) is 81.6 cm³/mol. The highest BCUT2D eigenvalue weighted by atomic mass is 16.1. The van der Waals surface area contributed by atoms with Crippen LogP contribution in [0.25, 0.3) is 0 Å². The first-order chi connectivity index (χ1) is 9.07. The maximum absolute atomic E-state index is 12.5. The molecule has 1 unspecified atom stereocenters. The number of Topliss-reactive ketones (excluding diaryl/α,β-unsaturated/α-hetero) is 1. The van der Waals surface area contributed by atoms with E-state index >= 15 is 0 Å². The molecular formula is C17H27NO. The van der Waals surface area contributed by atoms with E-state index in [1.54, 1.807) is 0 Å². The molecule has 1 aromatic carbocycles. The van der Waals surface area contributed by atoms with Crippen molar-refractivity contribution >= 4 is 5.78 Å². The summed E-state index contributed by atoms with van der Waals surface area (Å²) in [4.78, 5) is 14.8. The Balaban J connectivity index is 2.70. The molecule has 0 heterocycles. The lowest BCUT2D eigenvalue weighted by atomic mass is 10.0.